The van der Waals surface area contributed by atoms with Crippen molar-refractivity contribution in [2.75, 3.05) is 12.3 Å². The van der Waals surface area contributed by atoms with Crippen molar-refractivity contribution < 1.29 is 8.42 Å². The summed E-state index contributed by atoms with van der Waals surface area (Å²) in [5, 5.41) is 0. The minimum absolute atomic E-state index is 0.0212. The van der Waals surface area contributed by atoms with E-state index in [4.69, 9.17) is 5.73 Å². The van der Waals surface area contributed by atoms with Crippen LogP contribution in [0, 0.1) is 5.41 Å². The minimum Gasteiger partial charge on any atom is -0.330 e. The van der Waals surface area contributed by atoms with Gasteiger partial charge < -0.3 is 5.73 Å². The lowest BCUT2D eigenvalue weighted by Crippen LogP contribution is -2.20. The van der Waals surface area contributed by atoms with Crippen LogP contribution in [-0.2, 0) is 22.7 Å². The van der Waals surface area contributed by atoms with E-state index in [9.17, 15) is 8.42 Å². The molecule has 0 saturated heterocycles. The van der Waals surface area contributed by atoms with Gasteiger partial charge in [-0.15, -0.1) is 0 Å². The molecule has 2 aliphatic rings. The third kappa shape index (κ3) is 2.56. The highest BCUT2D eigenvalue weighted by Crippen LogP contribution is 2.50. The van der Waals surface area contributed by atoms with Crippen LogP contribution in [-0.4, -0.2) is 20.7 Å². The third-order valence-corrected chi connectivity index (χ3v) is 6.52. The lowest BCUT2D eigenvalue weighted by Gasteiger charge is -2.14. The number of hydrogen-bond acceptors (Lipinski definition) is 3. The van der Waals surface area contributed by atoms with Crippen molar-refractivity contribution in [1.82, 2.24) is 0 Å². The van der Waals surface area contributed by atoms with E-state index in [1.54, 1.807) is 6.07 Å². The average Bonchev–Trinajstić information content (AvgIpc) is 2.93. The molecule has 1 aromatic carbocycles. The highest BCUT2D eigenvalue weighted by molar-refractivity contribution is 7.91. The lowest BCUT2D eigenvalue weighted by atomic mass is 10.1. The van der Waals surface area contributed by atoms with E-state index in [0.29, 0.717) is 11.4 Å². The number of benzene rings is 1. The monoisotopic (exact) mass is 279 g/mol. The molecule has 104 valence electrons. The van der Waals surface area contributed by atoms with Crippen LogP contribution in [0.5, 0.6) is 0 Å². The Morgan fingerprint density at radius 3 is 2.58 bits per heavy atom. The Morgan fingerprint density at radius 2 is 1.89 bits per heavy atom. The van der Waals surface area contributed by atoms with Crippen LogP contribution < -0.4 is 5.73 Å². The molecule has 1 aromatic rings. The van der Waals surface area contributed by atoms with Gasteiger partial charge in [0.2, 0.25) is 0 Å². The molecule has 0 spiro atoms. The van der Waals surface area contributed by atoms with Gasteiger partial charge in [-0.05, 0) is 73.7 Å². The van der Waals surface area contributed by atoms with Gasteiger partial charge >= 0.3 is 0 Å². The fourth-order valence-corrected chi connectivity index (χ4v) is 5.18. The van der Waals surface area contributed by atoms with Crippen LogP contribution in [0.2, 0.25) is 0 Å². The zero-order chi connectivity index (χ0) is 13.5. The number of sulfone groups is 1. The van der Waals surface area contributed by atoms with Crippen LogP contribution >= 0.6 is 0 Å². The van der Waals surface area contributed by atoms with Crippen molar-refractivity contribution in [3.63, 3.8) is 0 Å². The first-order chi connectivity index (χ1) is 9.05. The molecule has 0 unspecified atom stereocenters. The Balaban J connectivity index is 1.84. The summed E-state index contributed by atoms with van der Waals surface area (Å²) in [7, 11) is -3.15. The molecule has 0 heterocycles. The SMILES string of the molecule is NCCC1(CS(=O)(=O)c2ccc3c(c2)CCC3)CC1. The predicted molar refractivity (Wildman–Crippen MR) is 75.9 cm³/mol. The van der Waals surface area contributed by atoms with Crippen LogP contribution in [0.25, 0.3) is 0 Å². The molecule has 19 heavy (non-hydrogen) atoms. The van der Waals surface area contributed by atoms with Crippen molar-refractivity contribution in [1.29, 1.82) is 0 Å². The van der Waals surface area contributed by atoms with Crippen molar-refractivity contribution in [3.05, 3.63) is 29.3 Å². The first kappa shape index (κ1) is 13.1. The van der Waals surface area contributed by atoms with Gasteiger partial charge in [-0.3, -0.25) is 0 Å². The van der Waals surface area contributed by atoms with Gasteiger partial charge in [0, 0.05) is 0 Å². The molecule has 0 aliphatic heterocycles. The van der Waals surface area contributed by atoms with Crippen molar-refractivity contribution >= 4 is 9.84 Å². The summed E-state index contributed by atoms with van der Waals surface area (Å²) in [5.74, 6) is 0.274. The summed E-state index contributed by atoms with van der Waals surface area (Å²) >= 11 is 0. The smallest absolute Gasteiger partial charge is 0.178 e. The maximum Gasteiger partial charge on any atom is 0.178 e. The molecule has 1 fully saturated rings. The van der Waals surface area contributed by atoms with Crippen LogP contribution in [0.4, 0.5) is 0 Å². The molecule has 3 rings (SSSR count). The van der Waals surface area contributed by atoms with Crippen molar-refractivity contribution in [3.8, 4) is 0 Å². The van der Waals surface area contributed by atoms with Gasteiger partial charge in [0.15, 0.2) is 9.84 Å². The summed E-state index contributed by atoms with van der Waals surface area (Å²) < 4.78 is 25.0. The molecule has 0 radical (unpaired) electrons. The van der Waals surface area contributed by atoms with Crippen molar-refractivity contribution in [2.45, 2.75) is 43.4 Å². The first-order valence-corrected chi connectivity index (χ1v) is 8.75. The topological polar surface area (TPSA) is 60.2 Å². The molecular formula is C15H21NO2S. The van der Waals surface area contributed by atoms with E-state index < -0.39 is 9.84 Å². The number of nitrogens with two attached hydrogens (primary N) is 1. The van der Waals surface area contributed by atoms with E-state index >= 15 is 0 Å². The number of aryl methyl sites for hydroxylation is 2. The van der Waals surface area contributed by atoms with Gasteiger partial charge in [-0.25, -0.2) is 8.42 Å². The summed E-state index contributed by atoms with van der Waals surface area (Å²) in [5.41, 5.74) is 8.12. The van der Waals surface area contributed by atoms with E-state index in [1.165, 1.54) is 11.1 Å². The maximum atomic E-state index is 12.5. The fourth-order valence-electron chi connectivity index (χ4n) is 3.18. The molecule has 4 heteroatoms. The van der Waals surface area contributed by atoms with Crippen LogP contribution in [0.1, 0.15) is 36.8 Å². The Kier molecular flexibility index (Phi) is 3.18. The Morgan fingerprint density at radius 1 is 1.16 bits per heavy atom. The second-order valence-corrected chi connectivity index (χ2v) is 8.07. The van der Waals surface area contributed by atoms with Crippen LogP contribution in [0.3, 0.4) is 0 Å². The largest absolute Gasteiger partial charge is 0.330 e. The molecule has 0 bridgehead atoms. The van der Waals surface area contributed by atoms with Gasteiger partial charge in [-0.1, -0.05) is 6.07 Å². The van der Waals surface area contributed by atoms with E-state index in [1.807, 2.05) is 12.1 Å². The number of fused-ring (bicyclic) bond motifs is 1. The molecule has 3 nitrogen and oxygen atoms in total. The molecule has 1 saturated carbocycles. The van der Waals surface area contributed by atoms with Gasteiger partial charge in [0.05, 0.1) is 10.6 Å². The lowest BCUT2D eigenvalue weighted by molar-refractivity contribution is 0.510. The summed E-state index contributed by atoms with van der Waals surface area (Å²) in [4.78, 5) is 0.511. The zero-order valence-corrected chi connectivity index (χ0v) is 12.0. The summed E-state index contributed by atoms with van der Waals surface area (Å²) in [6.07, 6.45) is 6.11. The van der Waals surface area contributed by atoms with E-state index in [-0.39, 0.29) is 11.2 Å². The Bertz CT molecular complexity index is 588. The normalized spacial score (nSPS) is 20.3. The molecule has 2 N–H and O–H groups in total. The summed E-state index contributed by atoms with van der Waals surface area (Å²) in [6, 6.07) is 5.69. The molecular weight excluding hydrogens is 258 g/mol. The maximum absolute atomic E-state index is 12.5. The quantitative estimate of drug-likeness (QED) is 0.897. The molecule has 0 aromatic heterocycles. The number of rotatable bonds is 5. The second kappa shape index (κ2) is 4.60. The van der Waals surface area contributed by atoms with Gasteiger partial charge in [0.1, 0.15) is 0 Å². The van der Waals surface area contributed by atoms with E-state index in [2.05, 4.69) is 0 Å². The zero-order valence-electron chi connectivity index (χ0n) is 11.2. The molecule has 0 atom stereocenters. The highest BCUT2D eigenvalue weighted by atomic mass is 32.2. The van der Waals surface area contributed by atoms with Gasteiger partial charge in [0.25, 0.3) is 0 Å². The van der Waals surface area contributed by atoms with Gasteiger partial charge in [-0.2, -0.15) is 0 Å². The standard InChI is InChI=1S/C15H21NO2S/c16-9-8-15(6-7-15)11-19(17,18)14-5-4-12-2-1-3-13(12)10-14/h4-5,10H,1-3,6-9,11,16H2. The summed E-state index contributed by atoms with van der Waals surface area (Å²) in [6.45, 7) is 0.583. The first-order valence-electron chi connectivity index (χ1n) is 7.09. The molecule has 0 amide bonds. The predicted octanol–water partition coefficient (Wildman–Crippen LogP) is 2.08. The second-order valence-electron chi connectivity index (χ2n) is 6.08. The fraction of sp³-hybridized carbons (Fsp3) is 0.600. The Labute approximate surface area is 115 Å². The Hall–Kier alpha value is -0.870. The highest BCUT2D eigenvalue weighted by Gasteiger charge is 2.45. The minimum atomic E-state index is -3.15. The van der Waals surface area contributed by atoms with Crippen molar-refractivity contribution in [2.24, 2.45) is 11.1 Å². The van der Waals surface area contributed by atoms with Crippen LogP contribution in [0.15, 0.2) is 23.1 Å². The average molecular weight is 279 g/mol. The molecule has 2 aliphatic carbocycles. The number of hydrogen-bond donors (Lipinski definition) is 1. The van der Waals surface area contributed by atoms with E-state index in [0.717, 1.165) is 38.5 Å². The third-order valence-electron chi connectivity index (χ3n) is 4.56.